The third-order valence-electron chi connectivity index (χ3n) is 4.58. The van der Waals surface area contributed by atoms with Gasteiger partial charge in [0.25, 0.3) is 0 Å². The van der Waals surface area contributed by atoms with Crippen molar-refractivity contribution in [3.8, 4) is 11.3 Å². The van der Waals surface area contributed by atoms with Crippen LogP contribution in [0.1, 0.15) is 28.6 Å². The summed E-state index contributed by atoms with van der Waals surface area (Å²) in [5.41, 5.74) is 5.27. The number of urea groups is 1. The van der Waals surface area contributed by atoms with Gasteiger partial charge >= 0.3 is 6.03 Å². The van der Waals surface area contributed by atoms with Crippen LogP contribution in [0.5, 0.6) is 0 Å². The zero-order valence-electron chi connectivity index (χ0n) is 14.3. The molecule has 0 saturated heterocycles. The van der Waals surface area contributed by atoms with Crippen LogP contribution in [0.2, 0.25) is 0 Å². The van der Waals surface area contributed by atoms with E-state index < -0.39 is 0 Å². The average Bonchev–Trinajstić information content (AvgIpc) is 2.95. The van der Waals surface area contributed by atoms with Gasteiger partial charge in [0, 0.05) is 12.6 Å². The molecule has 0 spiro atoms. The number of amides is 2. The van der Waals surface area contributed by atoms with E-state index in [-0.39, 0.29) is 12.1 Å². The first-order valence-electron chi connectivity index (χ1n) is 8.08. The first-order chi connectivity index (χ1) is 12.1. The number of hydrogen-bond acceptors (Lipinski definition) is 4. The molecule has 6 heteroatoms. The van der Waals surface area contributed by atoms with Crippen molar-refractivity contribution in [1.29, 1.82) is 0 Å². The molecular weight excluding hydrogens is 316 g/mol. The molecule has 3 aromatic rings. The molecule has 1 aliphatic rings. The molecule has 0 fully saturated rings. The van der Waals surface area contributed by atoms with Gasteiger partial charge in [0.05, 0.1) is 34.9 Å². The second kappa shape index (κ2) is 5.73. The molecule has 0 saturated carbocycles. The second-order valence-electron chi connectivity index (χ2n) is 6.21. The van der Waals surface area contributed by atoms with Gasteiger partial charge in [-0.05, 0) is 25.5 Å². The third kappa shape index (κ3) is 2.46. The average molecular weight is 334 g/mol. The van der Waals surface area contributed by atoms with E-state index in [0.717, 1.165) is 39.5 Å². The molecule has 0 unspecified atom stereocenters. The minimum Gasteiger partial charge on any atom is -0.361 e. The van der Waals surface area contributed by atoms with Crippen LogP contribution in [0.25, 0.3) is 11.3 Å². The van der Waals surface area contributed by atoms with E-state index in [2.05, 4.69) is 15.5 Å². The van der Waals surface area contributed by atoms with Gasteiger partial charge in [-0.25, -0.2) is 4.79 Å². The van der Waals surface area contributed by atoms with Crippen molar-refractivity contribution >= 4 is 11.7 Å². The van der Waals surface area contributed by atoms with Gasteiger partial charge in [-0.1, -0.05) is 35.5 Å². The smallest absolute Gasteiger partial charge is 0.322 e. The quantitative estimate of drug-likeness (QED) is 0.771. The van der Waals surface area contributed by atoms with Crippen LogP contribution in [0.15, 0.2) is 47.1 Å². The molecule has 1 aromatic carbocycles. The molecule has 2 amide bonds. The van der Waals surface area contributed by atoms with Crippen molar-refractivity contribution in [2.45, 2.75) is 19.9 Å². The number of aryl methyl sites for hydroxylation is 2. The molecule has 0 radical (unpaired) electrons. The number of carbonyl (C=O) groups excluding carboxylic acids is 1. The molecule has 3 heterocycles. The molecule has 1 aliphatic heterocycles. The van der Waals surface area contributed by atoms with Crippen molar-refractivity contribution in [3.63, 3.8) is 0 Å². The van der Waals surface area contributed by atoms with Gasteiger partial charge in [-0.15, -0.1) is 0 Å². The Kier molecular flexibility index (Phi) is 3.53. The zero-order chi connectivity index (χ0) is 17.6. The number of aromatic nitrogens is 2. The summed E-state index contributed by atoms with van der Waals surface area (Å²) in [4.78, 5) is 18.5. The third-order valence-corrected chi connectivity index (χ3v) is 4.58. The summed E-state index contributed by atoms with van der Waals surface area (Å²) >= 11 is 0. The van der Waals surface area contributed by atoms with Crippen LogP contribution in [-0.2, 0) is 0 Å². The Balaban J connectivity index is 1.90. The lowest BCUT2D eigenvalue weighted by Crippen LogP contribution is -2.40. The maximum Gasteiger partial charge on any atom is 0.322 e. The highest BCUT2D eigenvalue weighted by atomic mass is 16.5. The second-order valence-corrected chi connectivity index (χ2v) is 6.21. The fraction of sp³-hybridized carbons (Fsp3) is 0.211. The highest BCUT2D eigenvalue weighted by molar-refractivity contribution is 5.93. The number of rotatable bonds is 2. The van der Waals surface area contributed by atoms with E-state index >= 15 is 0 Å². The predicted molar refractivity (Wildman–Crippen MR) is 94.3 cm³/mol. The molecule has 1 N–H and O–H groups in total. The van der Waals surface area contributed by atoms with E-state index in [1.807, 2.05) is 50.2 Å². The first kappa shape index (κ1) is 15.4. The van der Waals surface area contributed by atoms with Crippen molar-refractivity contribution in [1.82, 2.24) is 15.0 Å². The summed E-state index contributed by atoms with van der Waals surface area (Å²) < 4.78 is 5.27. The van der Waals surface area contributed by atoms with Gasteiger partial charge < -0.3 is 14.7 Å². The lowest BCUT2D eigenvalue weighted by atomic mass is 9.93. The molecule has 1 atom stereocenters. The van der Waals surface area contributed by atoms with Gasteiger partial charge in [-0.3, -0.25) is 4.98 Å². The number of benzene rings is 1. The van der Waals surface area contributed by atoms with Crippen molar-refractivity contribution in [2.24, 2.45) is 0 Å². The number of pyridine rings is 1. The maximum atomic E-state index is 12.3. The first-order valence-corrected chi connectivity index (χ1v) is 8.08. The molecule has 126 valence electrons. The fourth-order valence-electron chi connectivity index (χ4n) is 3.35. The standard InChI is InChI=1S/C19H18N4O2/c1-11-17(12(2)25-22-11)15-9-14-16(10-20-15)21-19(24)23(3)18(14)13-7-5-4-6-8-13/h4-10,18H,1-3H3,(H,21,24)/t18-/m0/s1. The van der Waals surface area contributed by atoms with Gasteiger partial charge in [0.1, 0.15) is 5.76 Å². The van der Waals surface area contributed by atoms with Crippen LogP contribution in [0.4, 0.5) is 10.5 Å². The van der Waals surface area contributed by atoms with E-state index in [1.165, 1.54) is 0 Å². The number of nitrogens with zero attached hydrogens (tertiary/aromatic N) is 3. The van der Waals surface area contributed by atoms with E-state index in [0.29, 0.717) is 0 Å². The zero-order valence-corrected chi connectivity index (χ0v) is 14.3. The van der Waals surface area contributed by atoms with Crippen LogP contribution < -0.4 is 5.32 Å². The summed E-state index contributed by atoms with van der Waals surface area (Å²) in [5.74, 6) is 0.731. The lowest BCUT2D eigenvalue weighted by Gasteiger charge is -2.35. The van der Waals surface area contributed by atoms with Crippen molar-refractivity contribution in [3.05, 3.63) is 65.2 Å². The van der Waals surface area contributed by atoms with E-state index in [1.54, 1.807) is 18.1 Å². The minimum absolute atomic E-state index is 0.145. The molecule has 25 heavy (non-hydrogen) atoms. The van der Waals surface area contributed by atoms with Gasteiger partial charge in [-0.2, -0.15) is 0 Å². The normalized spacial score (nSPS) is 16.5. The Bertz CT molecular complexity index is 930. The fourth-order valence-corrected chi connectivity index (χ4v) is 3.35. The highest BCUT2D eigenvalue weighted by Crippen LogP contribution is 2.38. The Morgan fingerprint density at radius 2 is 1.96 bits per heavy atom. The topological polar surface area (TPSA) is 71.3 Å². The van der Waals surface area contributed by atoms with Crippen molar-refractivity contribution < 1.29 is 9.32 Å². The minimum atomic E-state index is -0.174. The number of fused-ring (bicyclic) bond motifs is 1. The largest absolute Gasteiger partial charge is 0.361 e. The maximum absolute atomic E-state index is 12.3. The van der Waals surface area contributed by atoms with Crippen LogP contribution >= 0.6 is 0 Å². The van der Waals surface area contributed by atoms with Crippen LogP contribution in [0.3, 0.4) is 0 Å². The molecule has 2 aromatic heterocycles. The molecule has 0 bridgehead atoms. The highest BCUT2D eigenvalue weighted by Gasteiger charge is 2.32. The monoisotopic (exact) mass is 334 g/mol. The molecular formula is C19H18N4O2. The number of anilines is 1. The Labute approximate surface area is 145 Å². The van der Waals surface area contributed by atoms with Crippen LogP contribution in [-0.4, -0.2) is 28.1 Å². The molecule has 4 rings (SSSR count). The summed E-state index contributed by atoms with van der Waals surface area (Å²) in [6.07, 6.45) is 1.71. The Hall–Kier alpha value is -3.15. The van der Waals surface area contributed by atoms with E-state index in [9.17, 15) is 4.79 Å². The van der Waals surface area contributed by atoms with E-state index in [4.69, 9.17) is 4.52 Å². The molecule has 6 nitrogen and oxygen atoms in total. The Morgan fingerprint density at radius 1 is 1.20 bits per heavy atom. The Morgan fingerprint density at radius 3 is 2.64 bits per heavy atom. The SMILES string of the molecule is Cc1noc(C)c1-c1cc2c(cn1)NC(=O)N(C)[C@H]2c1ccccc1. The summed E-state index contributed by atoms with van der Waals surface area (Å²) in [6.45, 7) is 3.77. The summed E-state index contributed by atoms with van der Waals surface area (Å²) in [7, 11) is 1.80. The molecule has 0 aliphatic carbocycles. The summed E-state index contributed by atoms with van der Waals surface area (Å²) in [5, 5.41) is 6.91. The van der Waals surface area contributed by atoms with Crippen molar-refractivity contribution in [2.75, 3.05) is 12.4 Å². The van der Waals surface area contributed by atoms with Gasteiger partial charge in [0.15, 0.2) is 0 Å². The number of nitrogens with one attached hydrogen (secondary N) is 1. The number of carbonyl (C=O) groups is 1. The van der Waals surface area contributed by atoms with Crippen LogP contribution in [0, 0.1) is 13.8 Å². The van der Waals surface area contributed by atoms with Gasteiger partial charge in [0.2, 0.25) is 0 Å². The number of hydrogen-bond donors (Lipinski definition) is 1. The predicted octanol–water partition coefficient (Wildman–Crippen LogP) is 3.92. The summed E-state index contributed by atoms with van der Waals surface area (Å²) in [6, 6.07) is 11.7. The lowest BCUT2D eigenvalue weighted by molar-refractivity contribution is 0.209.